The van der Waals surface area contributed by atoms with Crippen LogP contribution in [0.4, 0.5) is 5.69 Å². The summed E-state index contributed by atoms with van der Waals surface area (Å²) in [5.41, 5.74) is 9.50. The van der Waals surface area contributed by atoms with Gasteiger partial charge < -0.3 is 21.1 Å². The van der Waals surface area contributed by atoms with Crippen LogP contribution in [-0.4, -0.2) is 41.5 Å². The maximum Gasteiger partial charge on any atom is 0.246 e. The molecule has 0 aromatic heterocycles. The van der Waals surface area contributed by atoms with E-state index in [1.54, 1.807) is 45.0 Å². The number of nitrogens with zero attached hydrogens (tertiary/aromatic N) is 3. The molecule has 10 nitrogen and oxygen atoms in total. The van der Waals surface area contributed by atoms with Gasteiger partial charge in [0.15, 0.2) is 0 Å². The van der Waals surface area contributed by atoms with Crippen LogP contribution in [0.2, 0.25) is 0 Å². The summed E-state index contributed by atoms with van der Waals surface area (Å²) >= 11 is 0. The first-order chi connectivity index (χ1) is 14.3. The molecule has 0 aliphatic heterocycles. The van der Waals surface area contributed by atoms with E-state index in [0.717, 1.165) is 5.56 Å². The van der Waals surface area contributed by atoms with E-state index in [4.69, 9.17) is 10.6 Å². The lowest BCUT2D eigenvalue weighted by atomic mass is 10.0. The highest BCUT2D eigenvalue weighted by atomic mass is 16.3. The van der Waals surface area contributed by atoms with Gasteiger partial charge in [-0.05, 0) is 48.9 Å². The maximum absolute atomic E-state index is 12.6. The summed E-state index contributed by atoms with van der Waals surface area (Å²) in [6, 6.07) is 5.13. The molecule has 0 aliphatic rings. The third kappa shape index (κ3) is 8.93. The van der Waals surface area contributed by atoms with Crippen molar-refractivity contribution >= 4 is 23.4 Å². The molecule has 1 aromatic carbocycles. The standard InChI is InChI=1S/C20H30N6O4/c1-13(2)18(25-17(28)6-4-5-11-22-26-21)20(30)23-14(3)19(29)24-16-9-7-15(12-27)8-10-16/h7-10,13-14,18,27H,4-6,11-12H2,1-3H3,(H,23,30)(H,24,29)(H,25,28)/t14-,18-/m0/s1. The van der Waals surface area contributed by atoms with E-state index in [1.807, 2.05) is 0 Å². The number of carbonyl (C=O) groups is 3. The number of hydrogen-bond donors (Lipinski definition) is 4. The largest absolute Gasteiger partial charge is 0.392 e. The van der Waals surface area contributed by atoms with E-state index in [2.05, 4.69) is 26.0 Å². The molecule has 1 aromatic rings. The Labute approximate surface area is 176 Å². The monoisotopic (exact) mass is 418 g/mol. The predicted octanol–water partition coefficient (Wildman–Crippen LogP) is 2.24. The van der Waals surface area contributed by atoms with E-state index in [1.165, 1.54) is 0 Å². The lowest BCUT2D eigenvalue weighted by Crippen LogP contribution is -2.53. The van der Waals surface area contributed by atoms with Crippen LogP contribution in [0.25, 0.3) is 10.4 Å². The third-order valence-electron chi connectivity index (χ3n) is 4.40. The molecule has 3 amide bonds. The van der Waals surface area contributed by atoms with Crippen LogP contribution < -0.4 is 16.0 Å². The zero-order chi connectivity index (χ0) is 22.5. The molecule has 0 unspecified atom stereocenters. The van der Waals surface area contributed by atoms with Crippen LogP contribution in [0, 0.1) is 5.92 Å². The fraction of sp³-hybridized carbons (Fsp3) is 0.550. The number of benzene rings is 1. The number of aliphatic hydroxyl groups excluding tert-OH is 1. The Morgan fingerprint density at radius 1 is 1.07 bits per heavy atom. The molecule has 0 bridgehead atoms. The fourth-order valence-corrected chi connectivity index (χ4v) is 2.61. The number of nitrogens with one attached hydrogen (secondary N) is 3. The van der Waals surface area contributed by atoms with E-state index in [9.17, 15) is 14.4 Å². The lowest BCUT2D eigenvalue weighted by Gasteiger charge is -2.24. The Balaban J connectivity index is 2.56. The minimum absolute atomic E-state index is 0.0865. The van der Waals surface area contributed by atoms with Crippen molar-refractivity contribution in [1.29, 1.82) is 0 Å². The van der Waals surface area contributed by atoms with Crippen molar-refractivity contribution in [3.8, 4) is 0 Å². The number of azide groups is 1. The van der Waals surface area contributed by atoms with E-state index < -0.39 is 23.9 Å². The highest BCUT2D eigenvalue weighted by Crippen LogP contribution is 2.10. The van der Waals surface area contributed by atoms with Gasteiger partial charge in [0.1, 0.15) is 12.1 Å². The van der Waals surface area contributed by atoms with Gasteiger partial charge in [0, 0.05) is 23.6 Å². The van der Waals surface area contributed by atoms with Gasteiger partial charge in [-0.25, -0.2) is 0 Å². The normalized spacial score (nSPS) is 12.4. The fourth-order valence-electron chi connectivity index (χ4n) is 2.61. The Morgan fingerprint density at radius 3 is 2.30 bits per heavy atom. The number of amides is 3. The third-order valence-corrected chi connectivity index (χ3v) is 4.40. The molecule has 0 spiro atoms. The Kier molecular flexibility index (Phi) is 11.0. The molecule has 1 rings (SSSR count). The molecule has 0 heterocycles. The average molecular weight is 418 g/mol. The molecule has 0 aliphatic carbocycles. The van der Waals surface area contributed by atoms with Crippen LogP contribution >= 0.6 is 0 Å². The molecule has 2 atom stereocenters. The van der Waals surface area contributed by atoms with Gasteiger partial charge in [0.25, 0.3) is 0 Å². The Bertz CT molecular complexity index is 759. The highest BCUT2D eigenvalue weighted by molar-refractivity contribution is 5.98. The van der Waals surface area contributed by atoms with Crippen molar-refractivity contribution in [2.45, 2.75) is 58.7 Å². The summed E-state index contributed by atoms with van der Waals surface area (Å²) in [5.74, 6) is -1.28. The molecule has 10 heteroatoms. The highest BCUT2D eigenvalue weighted by Gasteiger charge is 2.26. The van der Waals surface area contributed by atoms with E-state index in [-0.39, 0.29) is 24.9 Å². The summed E-state index contributed by atoms with van der Waals surface area (Å²) in [5, 5.41) is 20.5. The number of hydrogen-bond acceptors (Lipinski definition) is 5. The summed E-state index contributed by atoms with van der Waals surface area (Å²) in [4.78, 5) is 39.7. The number of rotatable bonds is 12. The Hall–Kier alpha value is -3.10. The van der Waals surface area contributed by atoms with E-state index >= 15 is 0 Å². The van der Waals surface area contributed by atoms with Gasteiger partial charge in [-0.2, -0.15) is 0 Å². The number of aliphatic hydroxyl groups is 1. The van der Waals surface area contributed by atoms with Gasteiger partial charge in [-0.3, -0.25) is 14.4 Å². The summed E-state index contributed by atoms with van der Waals surface area (Å²) in [6.45, 7) is 5.41. The van der Waals surface area contributed by atoms with Gasteiger partial charge >= 0.3 is 0 Å². The van der Waals surface area contributed by atoms with Crippen molar-refractivity contribution in [3.05, 3.63) is 40.3 Å². The number of carbonyl (C=O) groups excluding carboxylic acids is 3. The first-order valence-corrected chi connectivity index (χ1v) is 9.89. The smallest absolute Gasteiger partial charge is 0.246 e. The van der Waals surface area contributed by atoms with Crippen LogP contribution in [0.15, 0.2) is 29.4 Å². The van der Waals surface area contributed by atoms with Crippen molar-refractivity contribution in [2.24, 2.45) is 11.0 Å². The van der Waals surface area contributed by atoms with Crippen LogP contribution in [0.3, 0.4) is 0 Å². The lowest BCUT2D eigenvalue weighted by molar-refractivity contribution is -0.131. The van der Waals surface area contributed by atoms with Crippen molar-refractivity contribution in [1.82, 2.24) is 10.6 Å². The SMILES string of the molecule is CC(C)[C@H](NC(=O)CCCCN=[N+]=[N-])C(=O)N[C@@H](C)C(=O)Nc1ccc(CO)cc1. The van der Waals surface area contributed by atoms with Gasteiger partial charge in [-0.1, -0.05) is 31.1 Å². The zero-order valence-corrected chi connectivity index (χ0v) is 17.6. The van der Waals surface area contributed by atoms with Crippen molar-refractivity contribution in [2.75, 3.05) is 11.9 Å². The van der Waals surface area contributed by atoms with E-state index in [0.29, 0.717) is 25.1 Å². The molecular formula is C20H30N6O4. The Morgan fingerprint density at radius 2 is 1.73 bits per heavy atom. The number of anilines is 1. The quantitative estimate of drug-likeness (QED) is 0.178. The molecule has 164 valence electrons. The second kappa shape index (κ2) is 13.2. The number of unbranched alkanes of at least 4 members (excludes halogenated alkanes) is 1. The molecule has 4 N–H and O–H groups in total. The average Bonchev–Trinajstić information content (AvgIpc) is 2.72. The van der Waals surface area contributed by atoms with Crippen molar-refractivity contribution < 1.29 is 19.5 Å². The van der Waals surface area contributed by atoms with Crippen LogP contribution in [-0.2, 0) is 21.0 Å². The molecule has 0 saturated carbocycles. The second-order valence-corrected chi connectivity index (χ2v) is 7.28. The molecular weight excluding hydrogens is 388 g/mol. The maximum atomic E-state index is 12.6. The van der Waals surface area contributed by atoms with Gasteiger partial charge in [0.05, 0.1) is 6.61 Å². The topological polar surface area (TPSA) is 156 Å². The summed E-state index contributed by atoms with van der Waals surface area (Å²) in [6.07, 6.45) is 1.36. The van der Waals surface area contributed by atoms with Crippen LogP contribution in [0.5, 0.6) is 0 Å². The molecule has 0 radical (unpaired) electrons. The minimum Gasteiger partial charge on any atom is -0.392 e. The minimum atomic E-state index is -0.808. The van der Waals surface area contributed by atoms with Gasteiger partial charge in [-0.15, -0.1) is 0 Å². The van der Waals surface area contributed by atoms with Crippen molar-refractivity contribution in [3.63, 3.8) is 0 Å². The van der Waals surface area contributed by atoms with Crippen LogP contribution in [0.1, 0.15) is 45.6 Å². The summed E-state index contributed by atoms with van der Waals surface area (Å²) in [7, 11) is 0. The zero-order valence-electron chi connectivity index (χ0n) is 17.6. The van der Waals surface area contributed by atoms with Gasteiger partial charge in [0.2, 0.25) is 17.7 Å². The summed E-state index contributed by atoms with van der Waals surface area (Å²) < 4.78 is 0. The molecule has 0 fully saturated rings. The first kappa shape index (κ1) is 24.9. The predicted molar refractivity (Wildman–Crippen MR) is 113 cm³/mol. The molecule has 30 heavy (non-hydrogen) atoms. The molecule has 0 saturated heterocycles. The first-order valence-electron chi connectivity index (χ1n) is 9.89. The second-order valence-electron chi connectivity index (χ2n) is 7.28.